The molecule has 0 radical (unpaired) electrons. The molecule has 3 nitrogen and oxygen atoms in total. The molecule has 0 aromatic carbocycles. The number of nitrogens with one attached hydrogen (secondary N) is 1. The van der Waals surface area contributed by atoms with Gasteiger partial charge in [-0.25, -0.2) is 0 Å². The van der Waals surface area contributed by atoms with Gasteiger partial charge in [0.2, 0.25) is 5.91 Å². The average molecular weight is 184 g/mol. The monoisotopic (exact) mass is 184 g/mol. The third-order valence-electron chi connectivity index (χ3n) is 2.73. The Morgan fingerprint density at radius 3 is 3.00 bits per heavy atom. The van der Waals surface area contributed by atoms with E-state index in [1.54, 1.807) is 0 Å². The molecule has 76 valence electrons. The van der Waals surface area contributed by atoms with Crippen molar-refractivity contribution in [2.45, 2.75) is 26.2 Å². The first kappa shape index (κ1) is 10.5. The van der Waals surface area contributed by atoms with E-state index in [1.165, 1.54) is 0 Å². The molecule has 1 saturated heterocycles. The van der Waals surface area contributed by atoms with Gasteiger partial charge in [0.05, 0.1) is 0 Å². The Balaban J connectivity index is 2.38. The standard InChI is InChI=1S/C10H20N2O/c1-9-3-4-10(13)12(7-5-9)8-6-11-2/h9,11H,3-8H2,1-2H3. The predicted octanol–water partition coefficient (Wildman–Crippen LogP) is 0.854. The fourth-order valence-electron chi connectivity index (χ4n) is 1.66. The maximum atomic E-state index is 11.6. The van der Waals surface area contributed by atoms with Crippen LogP contribution in [0.3, 0.4) is 0 Å². The zero-order valence-electron chi connectivity index (χ0n) is 8.68. The summed E-state index contributed by atoms with van der Waals surface area (Å²) in [7, 11) is 1.92. The van der Waals surface area contributed by atoms with E-state index < -0.39 is 0 Å². The molecule has 1 rings (SSSR count). The van der Waals surface area contributed by atoms with Gasteiger partial charge in [0.15, 0.2) is 0 Å². The minimum absolute atomic E-state index is 0.333. The van der Waals surface area contributed by atoms with E-state index in [0.29, 0.717) is 11.8 Å². The summed E-state index contributed by atoms with van der Waals surface area (Å²) in [6, 6.07) is 0. The van der Waals surface area contributed by atoms with Gasteiger partial charge in [0.25, 0.3) is 0 Å². The Kier molecular flexibility index (Phi) is 4.22. The van der Waals surface area contributed by atoms with Crippen molar-refractivity contribution in [3.8, 4) is 0 Å². The summed E-state index contributed by atoms with van der Waals surface area (Å²) in [5.74, 6) is 1.04. The smallest absolute Gasteiger partial charge is 0.222 e. The van der Waals surface area contributed by atoms with E-state index in [4.69, 9.17) is 0 Å². The Morgan fingerprint density at radius 2 is 2.31 bits per heavy atom. The Labute approximate surface area is 80.5 Å². The zero-order chi connectivity index (χ0) is 9.68. The van der Waals surface area contributed by atoms with Crippen LogP contribution in [-0.2, 0) is 4.79 Å². The van der Waals surface area contributed by atoms with E-state index in [0.717, 1.165) is 38.9 Å². The minimum Gasteiger partial charge on any atom is -0.341 e. The number of likely N-dealkylation sites (tertiary alicyclic amines) is 1. The van der Waals surface area contributed by atoms with Gasteiger partial charge >= 0.3 is 0 Å². The van der Waals surface area contributed by atoms with Gasteiger partial charge in [-0.1, -0.05) is 6.92 Å². The van der Waals surface area contributed by atoms with Crippen molar-refractivity contribution in [1.82, 2.24) is 10.2 Å². The Bertz CT molecular complexity index is 170. The van der Waals surface area contributed by atoms with E-state index in [2.05, 4.69) is 12.2 Å². The van der Waals surface area contributed by atoms with Gasteiger partial charge in [-0.3, -0.25) is 4.79 Å². The third kappa shape index (κ3) is 3.35. The summed E-state index contributed by atoms with van der Waals surface area (Å²) in [5.41, 5.74) is 0. The van der Waals surface area contributed by atoms with E-state index in [1.807, 2.05) is 11.9 Å². The van der Waals surface area contributed by atoms with E-state index >= 15 is 0 Å². The number of hydrogen-bond donors (Lipinski definition) is 1. The fraction of sp³-hybridized carbons (Fsp3) is 0.900. The summed E-state index contributed by atoms with van der Waals surface area (Å²) in [5, 5.41) is 3.07. The highest BCUT2D eigenvalue weighted by atomic mass is 16.2. The maximum Gasteiger partial charge on any atom is 0.222 e. The van der Waals surface area contributed by atoms with Crippen LogP contribution in [0.2, 0.25) is 0 Å². The largest absolute Gasteiger partial charge is 0.341 e. The van der Waals surface area contributed by atoms with Gasteiger partial charge in [-0.05, 0) is 25.8 Å². The normalized spacial score (nSPS) is 24.6. The molecule has 0 spiro atoms. The summed E-state index contributed by atoms with van der Waals surface area (Å²) >= 11 is 0. The van der Waals surface area contributed by atoms with Crippen LogP contribution in [0.1, 0.15) is 26.2 Å². The van der Waals surface area contributed by atoms with E-state index in [9.17, 15) is 4.79 Å². The predicted molar refractivity (Wildman–Crippen MR) is 53.5 cm³/mol. The fourth-order valence-corrected chi connectivity index (χ4v) is 1.66. The molecule has 1 unspecified atom stereocenters. The zero-order valence-corrected chi connectivity index (χ0v) is 8.68. The molecule has 1 aliphatic heterocycles. The van der Waals surface area contributed by atoms with Crippen molar-refractivity contribution >= 4 is 5.91 Å². The third-order valence-corrected chi connectivity index (χ3v) is 2.73. The van der Waals surface area contributed by atoms with Gasteiger partial charge in [-0.2, -0.15) is 0 Å². The topological polar surface area (TPSA) is 32.3 Å². The first-order chi connectivity index (χ1) is 6.24. The van der Waals surface area contributed by atoms with Crippen LogP contribution in [-0.4, -0.2) is 37.5 Å². The molecule has 1 N–H and O–H groups in total. The van der Waals surface area contributed by atoms with Crippen LogP contribution in [0.25, 0.3) is 0 Å². The lowest BCUT2D eigenvalue weighted by Crippen LogP contribution is -2.35. The molecule has 0 aromatic heterocycles. The molecule has 1 fully saturated rings. The SMILES string of the molecule is CNCCN1CCC(C)CCC1=O. The molecule has 1 atom stereocenters. The molecule has 1 aliphatic rings. The number of amides is 1. The van der Waals surface area contributed by atoms with Crippen LogP contribution in [0.5, 0.6) is 0 Å². The highest BCUT2D eigenvalue weighted by Gasteiger charge is 2.18. The number of carbonyl (C=O) groups excluding carboxylic acids is 1. The second-order valence-corrected chi connectivity index (χ2v) is 3.92. The van der Waals surface area contributed by atoms with Crippen LogP contribution >= 0.6 is 0 Å². The lowest BCUT2D eigenvalue weighted by Gasteiger charge is -2.20. The summed E-state index contributed by atoms with van der Waals surface area (Å²) < 4.78 is 0. The molecule has 0 aliphatic carbocycles. The number of likely N-dealkylation sites (N-methyl/N-ethyl adjacent to an activating group) is 1. The second kappa shape index (κ2) is 5.22. The van der Waals surface area contributed by atoms with Crippen molar-refractivity contribution in [1.29, 1.82) is 0 Å². The van der Waals surface area contributed by atoms with Crippen molar-refractivity contribution in [2.75, 3.05) is 26.7 Å². The molecular weight excluding hydrogens is 164 g/mol. The average Bonchev–Trinajstić information content (AvgIpc) is 2.28. The van der Waals surface area contributed by atoms with E-state index in [-0.39, 0.29) is 0 Å². The van der Waals surface area contributed by atoms with Gasteiger partial charge < -0.3 is 10.2 Å². The van der Waals surface area contributed by atoms with Crippen LogP contribution in [0.15, 0.2) is 0 Å². The lowest BCUT2D eigenvalue weighted by atomic mass is 10.0. The highest BCUT2D eigenvalue weighted by Crippen LogP contribution is 2.16. The quantitative estimate of drug-likeness (QED) is 0.705. The van der Waals surface area contributed by atoms with Crippen LogP contribution < -0.4 is 5.32 Å². The maximum absolute atomic E-state index is 11.6. The number of hydrogen-bond acceptors (Lipinski definition) is 2. The molecule has 1 heterocycles. The Hall–Kier alpha value is -0.570. The second-order valence-electron chi connectivity index (χ2n) is 3.92. The van der Waals surface area contributed by atoms with Gasteiger partial charge in [-0.15, -0.1) is 0 Å². The van der Waals surface area contributed by atoms with Crippen molar-refractivity contribution < 1.29 is 4.79 Å². The molecule has 0 bridgehead atoms. The van der Waals surface area contributed by atoms with Crippen LogP contribution in [0.4, 0.5) is 0 Å². The number of rotatable bonds is 3. The summed E-state index contributed by atoms with van der Waals surface area (Å²) in [6.07, 6.45) is 2.97. The van der Waals surface area contributed by atoms with Gasteiger partial charge in [0, 0.05) is 26.1 Å². The molecule has 0 saturated carbocycles. The highest BCUT2D eigenvalue weighted by molar-refractivity contribution is 5.76. The summed E-state index contributed by atoms with van der Waals surface area (Å²) in [6.45, 7) is 4.94. The van der Waals surface area contributed by atoms with Crippen molar-refractivity contribution in [3.63, 3.8) is 0 Å². The Morgan fingerprint density at radius 1 is 1.54 bits per heavy atom. The molecule has 3 heteroatoms. The van der Waals surface area contributed by atoms with Crippen molar-refractivity contribution in [2.24, 2.45) is 5.92 Å². The first-order valence-electron chi connectivity index (χ1n) is 5.16. The number of carbonyl (C=O) groups is 1. The van der Waals surface area contributed by atoms with Crippen molar-refractivity contribution in [3.05, 3.63) is 0 Å². The number of nitrogens with zero attached hydrogens (tertiary/aromatic N) is 1. The van der Waals surface area contributed by atoms with Crippen LogP contribution in [0, 0.1) is 5.92 Å². The molecule has 0 aromatic rings. The minimum atomic E-state index is 0.333. The molecular formula is C10H20N2O. The molecule has 1 amide bonds. The lowest BCUT2D eigenvalue weighted by molar-refractivity contribution is -0.130. The van der Waals surface area contributed by atoms with Gasteiger partial charge in [0.1, 0.15) is 0 Å². The first-order valence-corrected chi connectivity index (χ1v) is 5.16. The summed E-state index contributed by atoms with van der Waals surface area (Å²) in [4.78, 5) is 13.5. The molecule has 13 heavy (non-hydrogen) atoms.